The van der Waals surface area contributed by atoms with Gasteiger partial charge >= 0.3 is 0 Å². The van der Waals surface area contributed by atoms with Crippen molar-refractivity contribution in [1.29, 1.82) is 0 Å². The van der Waals surface area contributed by atoms with Gasteiger partial charge in [-0.05, 0) is 0 Å². The summed E-state index contributed by atoms with van der Waals surface area (Å²) in [5.74, 6) is 0.117. The molecule has 2 rings (SSSR count). The minimum atomic E-state index is -0.183. The fourth-order valence-electron chi connectivity index (χ4n) is 1.24. The Morgan fingerprint density at radius 3 is 2.53 bits per heavy atom. The monoisotopic (exact) mass is 200 g/mol. The van der Waals surface area contributed by atoms with Gasteiger partial charge in [0.2, 0.25) is 5.78 Å². The molecule has 0 saturated carbocycles. The largest absolute Gasteiger partial charge is 0.342 e. The number of benzene rings is 1. The molecule has 0 unspecified atom stereocenters. The van der Waals surface area contributed by atoms with E-state index in [9.17, 15) is 9.59 Å². The third-order valence-electron chi connectivity index (χ3n) is 2.02. The summed E-state index contributed by atoms with van der Waals surface area (Å²) >= 11 is 0. The van der Waals surface area contributed by atoms with Crippen LogP contribution in [0.2, 0.25) is 0 Å². The zero-order valence-electron chi connectivity index (χ0n) is 7.81. The first kappa shape index (κ1) is 9.33. The van der Waals surface area contributed by atoms with Crippen LogP contribution < -0.4 is 0 Å². The van der Waals surface area contributed by atoms with Crippen LogP contribution in [0.1, 0.15) is 26.5 Å². The number of imidazole rings is 1. The predicted octanol–water partition coefficient (Wildman–Crippen LogP) is 1.45. The SMILES string of the molecule is O=Cc1ccc(C(=O)c2ncc[nH]2)cc1. The molecule has 1 aromatic carbocycles. The van der Waals surface area contributed by atoms with Gasteiger partial charge in [-0.2, -0.15) is 0 Å². The number of ketones is 1. The van der Waals surface area contributed by atoms with Crippen LogP contribution in [0.5, 0.6) is 0 Å². The second kappa shape index (κ2) is 3.88. The van der Waals surface area contributed by atoms with Crippen LogP contribution in [-0.2, 0) is 0 Å². The van der Waals surface area contributed by atoms with Gasteiger partial charge in [0.05, 0.1) is 0 Å². The molecule has 2 aromatic rings. The zero-order valence-corrected chi connectivity index (χ0v) is 7.81. The molecule has 1 aromatic heterocycles. The summed E-state index contributed by atoms with van der Waals surface area (Å²) in [6, 6.07) is 6.41. The summed E-state index contributed by atoms with van der Waals surface area (Å²) in [6.07, 6.45) is 3.85. The van der Waals surface area contributed by atoms with Gasteiger partial charge in [-0.25, -0.2) is 4.98 Å². The van der Waals surface area contributed by atoms with Crippen LogP contribution in [-0.4, -0.2) is 22.0 Å². The molecule has 0 amide bonds. The minimum absolute atomic E-state index is 0.183. The molecule has 4 nitrogen and oxygen atoms in total. The van der Waals surface area contributed by atoms with Crippen LogP contribution in [0.15, 0.2) is 36.7 Å². The molecule has 0 aliphatic heterocycles. The molecular formula is C11H8N2O2. The highest BCUT2D eigenvalue weighted by Gasteiger charge is 2.10. The minimum Gasteiger partial charge on any atom is -0.342 e. The van der Waals surface area contributed by atoms with Crippen molar-refractivity contribution in [3.05, 3.63) is 53.6 Å². The molecule has 1 N–H and O–H groups in total. The van der Waals surface area contributed by atoms with E-state index in [-0.39, 0.29) is 5.78 Å². The number of nitrogens with one attached hydrogen (secondary N) is 1. The molecule has 0 bridgehead atoms. The smallest absolute Gasteiger partial charge is 0.228 e. The molecule has 4 heteroatoms. The van der Waals surface area contributed by atoms with Gasteiger partial charge in [0.15, 0.2) is 5.82 Å². The Bertz CT molecular complexity index is 472. The normalized spacial score (nSPS) is 9.87. The van der Waals surface area contributed by atoms with Crippen LogP contribution in [0.4, 0.5) is 0 Å². The first-order valence-corrected chi connectivity index (χ1v) is 4.40. The predicted molar refractivity (Wildman–Crippen MR) is 53.8 cm³/mol. The van der Waals surface area contributed by atoms with Crippen molar-refractivity contribution < 1.29 is 9.59 Å². The maximum atomic E-state index is 11.7. The highest BCUT2D eigenvalue weighted by Crippen LogP contribution is 2.07. The quantitative estimate of drug-likeness (QED) is 0.602. The lowest BCUT2D eigenvalue weighted by Gasteiger charge is -1.97. The molecular weight excluding hydrogens is 192 g/mol. The Hall–Kier alpha value is -2.23. The second-order valence-corrected chi connectivity index (χ2v) is 3.01. The van der Waals surface area contributed by atoms with E-state index in [1.54, 1.807) is 30.5 Å². The number of carbonyl (C=O) groups excluding carboxylic acids is 2. The Morgan fingerprint density at radius 1 is 1.27 bits per heavy atom. The third-order valence-corrected chi connectivity index (χ3v) is 2.02. The molecule has 0 aliphatic carbocycles. The number of hydrogen-bond acceptors (Lipinski definition) is 3. The van der Waals surface area contributed by atoms with Crippen molar-refractivity contribution in [2.45, 2.75) is 0 Å². The van der Waals surface area contributed by atoms with E-state index in [0.29, 0.717) is 17.0 Å². The third kappa shape index (κ3) is 1.83. The van der Waals surface area contributed by atoms with Gasteiger partial charge < -0.3 is 4.98 Å². The summed E-state index contributed by atoms with van der Waals surface area (Å²) in [6.45, 7) is 0. The average molecular weight is 200 g/mol. The maximum Gasteiger partial charge on any atom is 0.228 e. The Balaban J connectivity index is 2.30. The highest BCUT2D eigenvalue weighted by atomic mass is 16.1. The molecule has 0 spiro atoms. The van der Waals surface area contributed by atoms with Crippen molar-refractivity contribution in [3.8, 4) is 0 Å². The average Bonchev–Trinajstić information content (AvgIpc) is 2.82. The second-order valence-electron chi connectivity index (χ2n) is 3.01. The Labute approximate surface area is 86.0 Å². The summed E-state index contributed by atoms with van der Waals surface area (Å²) in [4.78, 5) is 28.7. The first-order valence-electron chi connectivity index (χ1n) is 4.40. The standard InChI is InChI=1S/C11H8N2O2/c14-7-8-1-3-9(4-2-8)10(15)11-12-5-6-13-11/h1-7H,(H,12,13). The Morgan fingerprint density at radius 2 is 2.00 bits per heavy atom. The molecule has 1 heterocycles. The van der Waals surface area contributed by atoms with Crippen LogP contribution in [0, 0.1) is 0 Å². The number of nitrogens with zero attached hydrogens (tertiary/aromatic N) is 1. The van der Waals surface area contributed by atoms with Crippen molar-refractivity contribution >= 4 is 12.1 Å². The van der Waals surface area contributed by atoms with E-state index in [1.165, 1.54) is 6.20 Å². The summed E-state index contributed by atoms with van der Waals surface area (Å²) < 4.78 is 0. The van der Waals surface area contributed by atoms with Crippen molar-refractivity contribution in [2.24, 2.45) is 0 Å². The van der Waals surface area contributed by atoms with Gasteiger partial charge in [0, 0.05) is 23.5 Å². The van der Waals surface area contributed by atoms with Crippen molar-refractivity contribution in [3.63, 3.8) is 0 Å². The van der Waals surface area contributed by atoms with E-state index in [4.69, 9.17) is 0 Å². The van der Waals surface area contributed by atoms with Gasteiger partial charge in [-0.1, -0.05) is 24.3 Å². The van der Waals surface area contributed by atoms with Gasteiger partial charge in [-0.3, -0.25) is 9.59 Å². The summed E-state index contributed by atoms with van der Waals surface area (Å²) in [5.41, 5.74) is 1.06. The fourth-order valence-corrected chi connectivity index (χ4v) is 1.24. The molecule has 15 heavy (non-hydrogen) atoms. The first-order chi connectivity index (χ1) is 7.31. The molecule has 0 radical (unpaired) electrons. The molecule has 0 fully saturated rings. The number of rotatable bonds is 3. The van der Waals surface area contributed by atoms with E-state index in [1.807, 2.05) is 0 Å². The summed E-state index contributed by atoms with van der Waals surface area (Å²) in [7, 11) is 0. The number of aldehydes is 1. The lowest BCUT2D eigenvalue weighted by atomic mass is 10.1. The van der Waals surface area contributed by atoms with E-state index < -0.39 is 0 Å². The fraction of sp³-hybridized carbons (Fsp3) is 0. The lowest BCUT2D eigenvalue weighted by molar-refractivity contribution is 0.102. The van der Waals surface area contributed by atoms with E-state index >= 15 is 0 Å². The Kier molecular flexibility index (Phi) is 2.41. The van der Waals surface area contributed by atoms with Crippen LogP contribution in [0.25, 0.3) is 0 Å². The molecule has 0 saturated heterocycles. The zero-order chi connectivity index (χ0) is 10.7. The number of H-pyrrole nitrogens is 1. The van der Waals surface area contributed by atoms with Gasteiger partial charge in [0.25, 0.3) is 0 Å². The molecule has 74 valence electrons. The number of aromatic nitrogens is 2. The van der Waals surface area contributed by atoms with E-state index in [2.05, 4.69) is 9.97 Å². The van der Waals surface area contributed by atoms with Crippen LogP contribution in [0.3, 0.4) is 0 Å². The number of hydrogen-bond donors (Lipinski definition) is 1. The number of aromatic amines is 1. The van der Waals surface area contributed by atoms with Crippen molar-refractivity contribution in [2.75, 3.05) is 0 Å². The topological polar surface area (TPSA) is 62.8 Å². The molecule has 0 atom stereocenters. The van der Waals surface area contributed by atoms with Crippen molar-refractivity contribution in [1.82, 2.24) is 9.97 Å². The van der Waals surface area contributed by atoms with Crippen LogP contribution >= 0.6 is 0 Å². The summed E-state index contributed by atoms with van der Waals surface area (Å²) in [5, 5.41) is 0. The van der Waals surface area contributed by atoms with E-state index in [0.717, 1.165) is 6.29 Å². The molecule has 0 aliphatic rings. The lowest BCUT2D eigenvalue weighted by Crippen LogP contribution is -2.03. The van der Waals surface area contributed by atoms with Gasteiger partial charge in [0.1, 0.15) is 6.29 Å². The highest BCUT2D eigenvalue weighted by molar-refractivity contribution is 6.06. The maximum absolute atomic E-state index is 11.7. The number of carbonyl (C=O) groups is 2. The van der Waals surface area contributed by atoms with Gasteiger partial charge in [-0.15, -0.1) is 0 Å².